The molecular weight excluding hydrogens is 367 g/mol. The molecule has 2 heterocycles. The lowest BCUT2D eigenvalue weighted by atomic mass is 9.85. The molecule has 4 rings (SSSR count). The van der Waals surface area contributed by atoms with Crippen LogP contribution in [0.3, 0.4) is 0 Å². The van der Waals surface area contributed by atoms with Gasteiger partial charge in [0.2, 0.25) is 5.91 Å². The molecule has 1 aromatic carbocycles. The Morgan fingerprint density at radius 3 is 2.38 bits per heavy atom. The van der Waals surface area contributed by atoms with Crippen LogP contribution in [0.25, 0.3) is 0 Å². The van der Waals surface area contributed by atoms with Gasteiger partial charge in [-0.05, 0) is 42.4 Å². The fourth-order valence-corrected chi connectivity index (χ4v) is 4.98. The van der Waals surface area contributed by atoms with Crippen molar-refractivity contribution in [2.75, 3.05) is 26.2 Å². The van der Waals surface area contributed by atoms with Crippen molar-refractivity contribution in [1.29, 1.82) is 0 Å². The molecule has 1 aromatic rings. The van der Waals surface area contributed by atoms with Gasteiger partial charge in [-0.3, -0.25) is 14.5 Å². The molecule has 0 unspecified atom stereocenters. The zero-order valence-electron chi connectivity index (χ0n) is 17.6. The molecule has 29 heavy (non-hydrogen) atoms. The Balaban J connectivity index is 1.37. The van der Waals surface area contributed by atoms with Crippen LogP contribution >= 0.6 is 0 Å². The number of alkyl halides is 1. The lowest BCUT2D eigenvalue weighted by molar-refractivity contribution is -0.140. The smallest absolute Gasteiger partial charge is 0.222 e. The maximum absolute atomic E-state index is 15.3. The van der Waals surface area contributed by atoms with Crippen molar-refractivity contribution in [3.8, 4) is 0 Å². The fraction of sp³-hybridized carbons (Fsp3) is 0.667. The number of nitrogens with zero attached hydrogens (tertiary/aromatic N) is 2. The van der Waals surface area contributed by atoms with Crippen molar-refractivity contribution < 1.29 is 14.0 Å². The maximum Gasteiger partial charge on any atom is 0.222 e. The topological polar surface area (TPSA) is 40.6 Å². The molecule has 0 bridgehead atoms. The van der Waals surface area contributed by atoms with Gasteiger partial charge in [0.1, 0.15) is 0 Å². The van der Waals surface area contributed by atoms with Gasteiger partial charge in [0.15, 0.2) is 11.5 Å². The fourth-order valence-electron chi connectivity index (χ4n) is 4.98. The average molecular weight is 401 g/mol. The van der Waals surface area contributed by atoms with Gasteiger partial charge in [-0.2, -0.15) is 0 Å². The van der Waals surface area contributed by atoms with Crippen molar-refractivity contribution in [3.05, 3.63) is 34.9 Å². The first-order chi connectivity index (χ1) is 14.0. The van der Waals surface area contributed by atoms with E-state index in [1.807, 2.05) is 13.0 Å². The molecule has 0 atom stereocenters. The lowest BCUT2D eigenvalue weighted by Gasteiger charge is -2.36. The molecule has 3 aliphatic rings. The third-order valence-electron chi connectivity index (χ3n) is 7.27. The lowest BCUT2D eigenvalue weighted by Crippen LogP contribution is -2.48. The Kier molecular flexibility index (Phi) is 6.05. The Labute approximate surface area is 173 Å². The molecule has 5 heteroatoms. The molecule has 158 valence electrons. The van der Waals surface area contributed by atoms with Crippen LogP contribution in [-0.2, 0) is 28.9 Å². The van der Waals surface area contributed by atoms with Gasteiger partial charge in [-0.15, -0.1) is 0 Å². The van der Waals surface area contributed by atoms with E-state index in [0.717, 1.165) is 37.5 Å². The summed E-state index contributed by atoms with van der Waals surface area (Å²) < 4.78 is 15.3. The van der Waals surface area contributed by atoms with Gasteiger partial charge in [0.25, 0.3) is 0 Å². The van der Waals surface area contributed by atoms with E-state index in [-0.39, 0.29) is 31.0 Å². The van der Waals surface area contributed by atoms with E-state index in [2.05, 4.69) is 17.0 Å². The van der Waals surface area contributed by atoms with Crippen LogP contribution < -0.4 is 0 Å². The highest BCUT2D eigenvalue weighted by Gasteiger charge is 2.41. The molecule has 0 radical (unpaired) electrons. The van der Waals surface area contributed by atoms with Crippen LogP contribution in [0.5, 0.6) is 0 Å². The summed E-state index contributed by atoms with van der Waals surface area (Å²) in [6.07, 6.45) is 6.93. The molecule has 2 aliphatic heterocycles. The quantitative estimate of drug-likeness (QED) is 0.760. The number of Topliss-reactive ketones (excluding diaryl/α,β-unsaturated/α-hetero) is 1. The van der Waals surface area contributed by atoms with Crippen LogP contribution in [0.15, 0.2) is 18.2 Å². The predicted octanol–water partition coefficient (Wildman–Crippen LogP) is 3.49. The number of halogens is 1. The first kappa shape index (κ1) is 20.5. The first-order valence-electron chi connectivity index (χ1n) is 11.3. The SMILES string of the molecule is CCC(=O)N1CCC(F)(C(=O)Cc2ccc3c(c2)CCN(C2CCC2)CC3)CC1. The number of piperidine rings is 1. The molecule has 4 nitrogen and oxygen atoms in total. The summed E-state index contributed by atoms with van der Waals surface area (Å²) in [6, 6.07) is 7.06. The van der Waals surface area contributed by atoms with Gasteiger partial charge in [0.05, 0.1) is 0 Å². The monoisotopic (exact) mass is 400 g/mol. The summed E-state index contributed by atoms with van der Waals surface area (Å²) in [7, 11) is 0. The number of hydrogen-bond donors (Lipinski definition) is 0. The second-order valence-electron chi connectivity index (χ2n) is 9.02. The largest absolute Gasteiger partial charge is 0.342 e. The van der Waals surface area contributed by atoms with E-state index >= 15 is 4.39 Å². The second kappa shape index (κ2) is 8.55. The van der Waals surface area contributed by atoms with E-state index in [9.17, 15) is 9.59 Å². The highest BCUT2D eigenvalue weighted by Crippen LogP contribution is 2.31. The zero-order chi connectivity index (χ0) is 20.4. The van der Waals surface area contributed by atoms with Crippen molar-refractivity contribution in [3.63, 3.8) is 0 Å². The zero-order valence-corrected chi connectivity index (χ0v) is 17.6. The van der Waals surface area contributed by atoms with E-state index in [1.165, 1.54) is 30.4 Å². The van der Waals surface area contributed by atoms with Gasteiger partial charge < -0.3 is 4.90 Å². The predicted molar refractivity (Wildman–Crippen MR) is 112 cm³/mol. The highest BCUT2D eigenvalue weighted by molar-refractivity contribution is 5.89. The highest BCUT2D eigenvalue weighted by atomic mass is 19.1. The standard InChI is InChI=1S/C24H33FN2O2/c1-2-23(29)27-14-10-24(25,11-15-27)22(28)17-18-6-7-19-8-12-26(21-4-3-5-21)13-9-20(19)16-18/h6-7,16,21H,2-5,8-15,17H2,1H3. The summed E-state index contributed by atoms with van der Waals surface area (Å²) in [5.74, 6) is -0.285. The van der Waals surface area contributed by atoms with Crippen molar-refractivity contribution in [2.24, 2.45) is 0 Å². The minimum Gasteiger partial charge on any atom is -0.342 e. The molecular formula is C24H33FN2O2. The number of hydrogen-bond acceptors (Lipinski definition) is 3. The van der Waals surface area contributed by atoms with Crippen molar-refractivity contribution >= 4 is 11.7 Å². The average Bonchev–Trinajstić information content (AvgIpc) is 2.89. The minimum absolute atomic E-state index is 0.0428. The van der Waals surface area contributed by atoms with Crippen LogP contribution in [-0.4, -0.2) is 59.4 Å². The summed E-state index contributed by atoms with van der Waals surface area (Å²) in [5, 5.41) is 0. The normalized spacial score (nSPS) is 22.5. The van der Waals surface area contributed by atoms with Crippen molar-refractivity contribution in [2.45, 2.75) is 76.4 Å². The number of fused-ring (bicyclic) bond motifs is 1. The van der Waals surface area contributed by atoms with Crippen LogP contribution in [0.2, 0.25) is 0 Å². The van der Waals surface area contributed by atoms with E-state index < -0.39 is 5.67 Å². The molecule has 2 fully saturated rings. The maximum atomic E-state index is 15.3. The van der Waals surface area contributed by atoms with Gasteiger partial charge in [-0.1, -0.05) is 31.5 Å². The third kappa shape index (κ3) is 4.40. The number of likely N-dealkylation sites (tertiary alicyclic amines) is 1. The first-order valence-corrected chi connectivity index (χ1v) is 11.3. The van der Waals surface area contributed by atoms with E-state index in [0.29, 0.717) is 19.5 Å². The van der Waals surface area contributed by atoms with Gasteiger partial charge in [0, 0.05) is 57.9 Å². The van der Waals surface area contributed by atoms with Crippen LogP contribution in [0, 0.1) is 0 Å². The van der Waals surface area contributed by atoms with E-state index in [1.54, 1.807) is 4.90 Å². The van der Waals surface area contributed by atoms with Crippen LogP contribution in [0.1, 0.15) is 62.1 Å². The number of carbonyl (C=O) groups is 2. The van der Waals surface area contributed by atoms with E-state index in [4.69, 9.17) is 0 Å². The van der Waals surface area contributed by atoms with Gasteiger partial charge >= 0.3 is 0 Å². The van der Waals surface area contributed by atoms with Gasteiger partial charge in [-0.25, -0.2) is 4.39 Å². The summed E-state index contributed by atoms with van der Waals surface area (Å²) in [6.45, 7) is 4.71. The number of benzene rings is 1. The molecule has 0 N–H and O–H groups in total. The minimum atomic E-state index is -1.79. The molecule has 0 spiro atoms. The third-order valence-corrected chi connectivity index (χ3v) is 7.27. The molecule has 1 saturated heterocycles. The Hall–Kier alpha value is -1.75. The Bertz CT molecular complexity index is 766. The molecule has 1 aliphatic carbocycles. The number of ketones is 1. The molecule has 1 amide bonds. The Morgan fingerprint density at radius 1 is 1.07 bits per heavy atom. The van der Waals surface area contributed by atoms with Crippen molar-refractivity contribution in [1.82, 2.24) is 9.80 Å². The summed E-state index contributed by atoms with van der Waals surface area (Å²) in [5.41, 5.74) is 1.84. The number of rotatable bonds is 5. The molecule has 0 aromatic heterocycles. The number of amides is 1. The number of carbonyl (C=O) groups excluding carboxylic acids is 2. The Morgan fingerprint density at radius 2 is 1.76 bits per heavy atom. The molecule has 1 saturated carbocycles. The second-order valence-corrected chi connectivity index (χ2v) is 9.02. The van der Waals surface area contributed by atoms with Crippen LogP contribution in [0.4, 0.5) is 4.39 Å². The summed E-state index contributed by atoms with van der Waals surface area (Å²) >= 11 is 0. The summed E-state index contributed by atoms with van der Waals surface area (Å²) in [4.78, 5) is 28.9.